The average Bonchev–Trinajstić information content (AvgIpc) is 2.80. The number of carboxylic acids is 1. The van der Waals surface area contributed by atoms with Crippen molar-refractivity contribution in [1.29, 1.82) is 0 Å². The fourth-order valence-corrected chi connectivity index (χ4v) is 3.02. The molecule has 0 unspecified atom stereocenters. The number of hydrogen-bond donors (Lipinski definition) is 2. The summed E-state index contributed by atoms with van der Waals surface area (Å²) in [4.78, 5) is 11.2. The minimum atomic E-state index is -0.937. The molecule has 0 bridgehead atoms. The quantitative estimate of drug-likeness (QED) is 0.889. The predicted octanol–water partition coefficient (Wildman–Crippen LogP) is 4.12. The smallest absolute Gasteiger partial charge is 0.307 e. The molecule has 24 heavy (non-hydrogen) atoms. The normalized spacial score (nSPS) is 15.0. The van der Waals surface area contributed by atoms with Crippen LogP contribution in [0.4, 0.5) is 4.39 Å². The van der Waals surface area contributed by atoms with Crippen LogP contribution >= 0.6 is 0 Å². The maximum absolute atomic E-state index is 13.6. The number of carbonyl (C=O) groups is 1. The summed E-state index contributed by atoms with van der Waals surface area (Å²) in [6.45, 7) is 1.85. The molecule has 0 amide bonds. The SMILES string of the molecule is CC1=C(CC(=O)O)c2cc(F)ccc2/C1=C/c1ccc(CO)cc1. The summed E-state index contributed by atoms with van der Waals surface area (Å²) in [6.07, 6.45) is 1.82. The first-order valence-corrected chi connectivity index (χ1v) is 7.63. The standard InChI is InChI=1S/C20H17FO3/c1-12-17(8-13-2-4-14(11-22)5-3-13)16-7-6-15(21)9-19(16)18(12)10-20(23)24/h2-9,22H,10-11H2,1H3,(H,23,24)/b17-8+. The lowest BCUT2D eigenvalue weighted by molar-refractivity contribution is -0.135. The average molecular weight is 324 g/mol. The highest BCUT2D eigenvalue weighted by atomic mass is 19.1. The summed E-state index contributed by atoms with van der Waals surface area (Å²) in [5, 5.41) is 18.3. The molecule has 0 aliphatic heterocycles. The molecule has 1 aliphatic rings. The van der Waals surface area contributed by atoms with Gasteiger partial charge in [0.15, 0.2) is 0 Å². The summed E-state index contributed by atoms with van der Waals surface area (Å²) in [5.74, 6) is -1.31. The molecule has 2 aromatic rings. The Morgan fingerprint density at radius 2 is 1.83 bits per heavy atom. The molecule has 0 radical (unpaired) electrons. The molecule has 2 aromatic carbocycles. The minimum Gasteiger partial charge on any atom is -0.481 e. The van der Waals surface area contributed by atoms with Crippen LogP contribution in [0.3, 0.4) is 0 Å². The second kappa shape index (κ2) is 6.42. The van der Waals surface area contributed by atoms with Gasteiger partial charge in [-0.3, -0.25) is 4.79 Å². The van der Waals surface area contributed by atoms with Crippen LogP contribution in [-0.4, -0.2) is 16.2 Å². The van der Waals surface area contributed by atoms with E-state index in [-0.39, 0.29) is 18.8 Å². The van der Waals surface area contributed by atoms with Crippen LogP contribution in [0.15, 0.2) is 48.0 Å². The van der Waals surface area contributed by atoms with E-state index in [9.17, 15) is 9.18 Å². The van der Waals surface area contributed by atoms with Crippen molar-refractivity contribution in [3.8, 4) is 0 Å². The second-order valence-electron chi connectivity index (χ2n) is 5.82. The molecule has 4 heteroatoms. The van der Waals surface area contributed by atoms with Gasteiger partial charge in [-0.2, -0.15) is 0 Å². The number of rotatable bonds is 4. The largest absolute Gasteiger partial charge is 0.481 e. The van der Waals surface area contributed by atoms with Gasteiger partial charge >= 0.3 is 5.97 Å². The zero-order valence-electron chi connectivity index (χ0n) is 13.2. The van der Waals surface area contributed by atoms with Gasteiger partial charge < -0.3 is 10.2 Å². The van der Waals surface area contributed by atoms with Gasteiger partial charge in [0.2, 0.25) is 0 Å². The Balaban J connectivity index is 2.11. The van der Waals surface area contributed by atoms with E-state index in [1.165, 1.54) is 12.1 Å². The lowest BCUT2D eigenvalue weighted by Crippen LogP contribution is -1.97. The highest BCUT2D eigenvalue weighted by Gasteiger charge is 2.25. The number of aliphatic carboxylic acids is 1. The van der Waals surface area contributed by atoms with Gasteiger partial charge in [-0.15, -0.1) is 0 Å². The Hall–Kier alpha value is -2.72. The Bertz CT molecular complexity index is 861. The van der Waals surface area contributed by atoms with E-state index in [4.69, 9.17) is 10.2 Å². The van der Waals surface area contributed by atoms with Crippen molar-refractivity contribution in [2.45, 2.75) is 20.0 Å². The summed E-state index contributed by atoms with van der Waals surface area (Å²) < 4.78 is 13.6. The van der Waals surface area contributed by atoms with Crippen molar-refractivity contribution >= 4 is 23.2 Å². The van der Waals surface area contributed by atoms with Gasteiger partial charge in [-0.25, -0.2) is 4.39 Å². The number of allylic oxidation sites excluding steroid dienone is 2. The van der Waals surface area contributed by atoms with Crippen LogP contribution < -0.4 is 0 Å². The van der Waals surface area contributed by atoms with Gasteiger partial charge in [-0.05, 0) is 64.1 Å². The van der Waals surface area contributed by atoms with Crippen molar-refractivity contribution in [3.63, 3.8) is 0 Å². The third-order valence-electron chi connectivity index (χ3n) is 4.25. The fraction of sp³-hybridized carbons (Fsp3) is 0.150. The Labute approximate surface area is 139 Å². The van der Waals surface area contributed by atoms with Crippen molar-refractivity contribution in [3.05, 3.63) is 76.1 Å². The van der Waals surface area contributed by atoms with Crippen LogP contribution in [0.25, 0.3) is 17.2 Å². The first-order chi connectivity index (χ1) is 11.5. The molecule has 0 heterocycles. The van der Waals surface area contributed by atoms with Crippen molar-refractivity contribution in [2.24, 2.45) is 0 Å². The topological polar surface area (TPSA) is 57.5 Å². The molecule has 3 nitrogen and oxygen atoms in total. The molecule has 0 aromatic heterocycles. The van der Waals surface area contributed by atoms with Crippen LogP contribution in [-0.2, 0) is 11.4 Å². The third kappa shape index (κ3) is 3.01. The van der Waals surface area contributed by atoms with Gasteiger partial charge in [0.05, 0.1) is 13.0 Å². The molecular weight excluding hydrogens is 307 g/mol. The predicted molar refractivity (Wildman–Crippen MR) is 91.5 cm³/mol. The molecule has 122 valence electrons. The van der Waals surface area contributed by atoms with E-state index in [0.29, 0.717) is 11.1 Å². The van der Waals surface area contributed by atoms with E-state index in [1.54, 1.807) is 6.07 Å². The van der Waals surface area contributed by atoms with E-state index >= 15 is 0 Å². The highest BCUT2D eigenvalue weighted by Crippen LogP contribution is 2.43. The van der Waals surface area contributed by atoms with Crippen LogP contribution in [0.2, 0.25) is 0 Å². The third-order valence-corrected chi connectivity index (χ3v) is 4.25. The second-order valence-corrected chi connectivity index (χ2v) is 5.82. The van der Waals surface area contributed by atoms with E-state index < -0.39 is 5.97 Å². The summed E-state index contributed by atoms with van der Waals surface area (Å²) in [5.41, 5.74) is 5.65. The van der Waals surface area contributed by atoms with Crippen molar-refractivity contribution in [2.75, 3.05) is 0 Å². The maximum Gasteiger partial charge on any atom is 0.307 e. The van der Waals surface area contributed by atoms with Gasteiger partial charge in [0, 0.05) is 0 Å². The van der Waals surface area contributed by atoms with Crippen molar-refractivity contribution in [1.82, 2.24) is 0 Å². The number of benzene rings is 2. The van der Waals surface area contributed by atoms with Gasteiger partial charge in [0.25, 0.3) is 0 Å². The van der Waals surface area contributed by atoms with E-state index in [1.807, 2.05) is 37.3 Å². The number of aliphatic hydroxyl groups is 1. The molecule has 0 spiro atoms. The number of halogens is 1. The maximum atomic E-state index is 13.6. The lowest BCUT2D eigenvalue weighted by Gasteiger charge is -2.05. The zero-order chi connectivity index (χ0) is 17.3. The fourth-order valence-electron chi connectivity index (χ4n) is 3.02. The Morgan fingerprint density at radius 3 is 2.46 bits per heavy atom. The van der Waals surface area contributed by atoms with Gasteiger partial charge in [-0.1, -0.05) is 30.3 Å². The summed E-state index contributed by atoms with van der Waals surface area (Å²) in [7, 11) is 0. The molecule has 1 aliphatic carbocycles. The molecule has 0 saturated carbocycles. The minimum absolute atomic E-state index is 0.0132. The summed E-state index contributed by atoms with van der Waals surface area (Å²) in [6, 6.07) is 11.9. The van der Waals surface area contributed by atoms with E-state index in [2.05, 4.69) is 0 Å². The van der Waals surface area contributed by atoms with Crippen LogP contribution in [0.1, 0.15) is 35.6 Å². The first-order valence-electron chi connectivity index (χ1n) is 7.63. The monoisotopic (exact) mass is 324 g/mol. The lowest BCUT2D eigenvalue weighted by atomic mass is 10.00. The molecule has 2 N–H and O–H groups in total. The van der Waals surface area contributed by atoms with Crippen LogP contribution in [0, 0.1) is 5.82 Å². The van der Waals surface area contributed by atoms with Crippen LogP contribution in [0.5, 0.6) is 0 Å². The molecule has 0 fully saturated rings. The number of hydrogen-bond acceptors (Lipinski definition) is 2. The molecule has 0 atom stereocenters. The Morgan fingerprint density at radius 1 is 1.12 bits per heavy atom. The summed E-state index contributed by atoms with van der Waals surface area (Å²) >= 11 is 0. The van der Waals surface area contributed by atoms with Gasteiger partial charge in [0.1, 0.15) is 5.82 Å². The number of aliphatic hydroxyl groups excluding tert-OH is 1. The first kappa shape index (κ1) is 16.1. The van der Waals surface area contributed by atoms with E-state index in [0.717, 1.165) is 27.8 Å². The number of carboxylic acid groups (broad SMARTS) is 1. The molecular formula is C20H17FO3. The number of fused-ring (bicyclic) bond motifs is 1. The Kier molecular flexibility index (Phi) is 4.32. The molecule has 0 saturated heterocycles. The van der Waals surface area contributed by atoms with Crippen molar-refractivity contribution < 1.29 is 19.4 Å². The zero-order valence-corrected chi connectivity index (χ0v) is 13.2. The molecule has 3 rings (SSSR count). The highest BCUT2D eigenvalue weighted by molar-refractivity contribution is 6.07.